The molecule has 0 saturated carbocycles. The molecule has 1 aliphatic rings. The molecule has 4 nitrogen and oxygen atoms in total. The van der Waals surface area contributed by atoms with Gasteiger partial charge in [0.05, 0.1) is 7.11 Å². The molecule has 0 aliphatic heterocycles. The number of hydrogen-bond acceptors (Lipinski definition) is 3. The van der Waals surface area contributed by atoms with Gasteiger partial charge in [-0.1, -0.05) is 0 Å². The lowest BCUT2D eigenvalue weighted by Gasteiger charge is -2.24. The van der Waals surface area contributed by atoms with Crippen LogP contribution in [0.2, 0.25) is 0 Å². The average Bonchev–Trinajstić information content (AvgIpc) is 2.75. The third-order valence-corrected chi connectivity index (χ3v) is 4.46. The normalized spacial score (nSPS) is 17.5. The Kier molecular flexibility index (Phi) is 4.83. The molecule has 0 N–H and O–H groups in total. The highest BCUT2D eigenvalue weighted by molar-refractivity contribution is 6.11. The molecule has 0 fully saturated rings. The Morgan fingerprint density at radius 2 is 2.09 bits per heavy atom. The smallest absolute Gasteiger partial charge is 0.169 e. The van der Waals surface area contributed by atoms with E-state index in [0.29, 0.717) is 0 Å². The van der Waals surface area contributed by atoms with Crippen LogP contribution in [0.15, 0.2) is 18.2 Å². The van der Waals surface area contributed by atoms with Crippen LogP contribution in [0.5, 0.6) is 5.75 Å². The predicted molar refractivity (Wildman–Crippen MR) is 91.4 cm³/mol. The third kappa shape index (κ3) is 2.61. The Labute approximate surface area is 137 Å². The summed E-state index contributed by atoms with van der Waals surface area (Å²) in [6.07, 6.45) is 1.90. The maximum absolute atomic E-state index is 12.9. The Morgan fingerprint density at radius 1 is 1.36 bits per heavy atom. The number of halogens is 1. The van der Waals surface area contributed by atoms with Gasteiger partial charge in [-0.25, -0.2) is 0 Å². The molecule has 1 heterocycles. The SMILES string of the molecule is COc1ccc2c(c1)c1c(n2C)CCC(CN(C)C)C1=O.Cl. The molecule has 1 aromatic heterocycles. The number of aryl methyl sites for hydroxylation is 1. The average molecular weight is 323 g/mol. The monoisotopic (exact) mass is 322 g/mol. The Balaban J connectivity index is 0.00000176. The lowest BCUT2D eigenvalue weighted by Crippen LogP contribution is -2.32. The van der Waals surface area contributed by atoms with E-state index in [9.17, 15) is 4.79 Å². The van der Waals surface area contributed by atoms with Gasteiger partial charge < -0.3 is 14.2 Å². The molecule has 3 rings (SSSR count). The van der Waals surface area contributed by atoms with Gasteiger partial charge in [-0.05, 0) is 45.1 Å². The molecule has 0 radical (unpaired) electrons. The van der Waals surface area contributed by atoms with Crippen LogP contribution in [-0.4, -0.2) is 43.0 Å². The minimum atomic E-state index is 0. The number of carbonyl (C=O) groups excluding carboxylic acids is 1. The van der Waals surface area contributed by atoms with Gasteiger partial charge in [0.15, 0.2) is 5.78 Å². The highest BCUT2D eigenvalue weighted by Crippen LogP contribution is 2.35. The summed E-state index contributed by atoms with van der Waals surface area (Å²) in [4.78, 5) is 15.0. The zero-order chi connectivity index (χ0) is 15.1. The molecule has 1 aliphatic carbocycles. The van der Waals surface area contributed by atoms with Gasteiger partial charge in [0, 0.05) is 41.7 Å². The maximum Gasteiger partial charge on any atom is 0.169 e. The second-order valence-corrected chi connectivity index (χ2v) is 6.13. The van der Waals surface area contributed by atoms with Crippen molar-refractivity contribution in [2.45, 2.75) is 12.8 Å². The number of Topliss-reactive ketones (excluding diaryl/α,β-unsaturated/α-hetero) is 1. The topological polar surface area (TPSA) is 34.5 Å². The van der Waals surface area contributed by atoms with Crippen molar-refractivity contribution in [2.75, 3.05) is 27.7 Å². The zero-order valence-corrected chi connectivity index (χ0v) is 14.4. The van der Waals surface area contributed by atoms with Crippen molar-refractivity contribution >= 4 is 29.1 Å². The van der Waals surface area contributed by atoms with Gasteiger partial charge in [-0.3, -0.25) is 4.79 Å². The second kappa shape index (κ2) is 6.31. The zero-order valence-electron chi connectivity index (χ0n) is 13.5. The largest absolute Gasteiger partial charge is 0.497 e. The molecule has 1 unspecified atom stereocenters. The van der Waals surface area contributed by atoms with E-state index in [1.165, 1.54) is 5.69 Å². The van der Waals surface area contributed by atoms with E-state index in [2.05, 4.69) is 9.47 Å². The molecule has 22 heavy (non-hydrogen) atoms. The predicted octanol–water partition coefficient (Wildman–Crippen LogP) is 2.92. The summed E-state index contributed by atoms with van der Waals surface area (Å²) in [6.45, 7) is 0.818. The standard InChI is InChI=1S/C17H22N2O2.ClH/c1-18(2)10-11-5-7-15-16(17(11)20)13-9-12(21-4)6-8-14(13)19(15)3;/h6,8-9,11H,5,7,10H2,1-4H3;1H. The quantitative estimate of drug-likeness (QED) is 0.871. The van der Waals surface area contributed by atoms with Crippen LogP contribution >= 0.6 is 12.4 Å². The number of rotatable bonds is 3. The van der Waals surface area contributed by atoms with Gasteiger partial charge in [-0.2, -0.15) is 0 Å². The summed E-state index contributed by atoms with van der Waals surface area (Å²) in [6, 6.07) is 5.99. The van der Waals surface area contributed by atoms with E-state index in [1.54, 1.807) is 7.11 Å². The maximum atomic E-state index is 12.9. The number of ketones is 1. The van der Waals surface area contributed by atoms with E-state index < -0.39 is 0 Å². The molecule has 1 atom stereocenters. The molecule has 0 amide bonds. The van der Waals surface area contributed by atoms with E-state index in [4.69, 9.17) is 4.74 Å². The number of hydrogen-bond donors (Lipinski definition) is 0. The van der Waals surface area contributed by atoms with E-state index in [0.717, 1.165) is 41.6 Å². The van der Waals surface area contributed by atoms with Crippen molar-refractivity contribution in [3.8, 4) is 5.75 Å². The summed E-state index contributed by atoms with van der Waals surface area (Å²) in [5, 5.41) is 1.03. The van der Waals surface area contributed by atoms with Crippen molar-refractivity contribution in [2.24, 2.45) is 13.0 Å². The molecular formula is C17H23ClN2O2. The Bertz CT molecular complexity index is 706. The van der Waals surface area contributed by atoms with Gasteiger partial charge in [0.2, 0.25) is 0 Å². The molecular weight excluding hydrogens is 300 g/mol. The minimum absolute atomic E-state index is 0. The van der Waals surface area contributed by atoms with E-state index >= 15 is 0 Å². The van der Waals surface area contributed by atoms with Gasteiger partial charge in [0.1, 0.15) is 5.75 Å². The molecule has 120 valence electrons. The van der Waals surface area contributed by atoms with Crippen LogP contribution in [0.25, 0.3) is 10.9 Å². The van der Waals surface area contributed by atoms with Crippen LogP contribution in [0.3, 0.4) is 0 Å². The number of carbonyl (C=O) groups is 1. The molecule has 5 heteroatoms. The van der Waals surface area contributed by atoms with Crippen molar-refractivity contribution in [3.05, 3.63) is 29.5 Å². The highest BCUT2D eigenvalue weighted by atomic mass is 35.5. The molecule has 1 aromatic carbocycles. The van der Waals surface area contributed by atoms with Crippen LogP contribution < -0.4 is 4.74 Å². The first-order valence-electron chi connectivity index (χ1n) is 7.37. The molecule has 2 aromatic rings. The fourth-order valence-corrected chi connectivity index (χ4v) is 3.43. The number of nitrogens with zero attached hydrogens (tertiary/aromatic N) is 2. The van der Waals surface area contributed by atoms with Gasteiger partial charge >= 0.3 is 0 Å². The summed E-state index contributed by atoms with van der Waals surface area (Å²) in [7, 11) is 7.75. The number of aromatic nitrogens is 1. The fraction of sp³-hybridized carbons (Fsp3) is 0.471. The summed E-state index contributed by atoms with van der Waals surface area (Å²) < 4.78 is 7.48. The van der Waals surface area contributed by atoms with Crippen molar-refractivity contribution in [1.82, 2.24) is 9.47 Å². The van der Waals surface area contributed by atoms with Gasteiger partial charge in [-0.15, -0.1) is 12.4 Å². The molecule has 0 spiro atoms. The van der Waals surface area contributed by atoms with Crippen LogP contribution in [0, 0.1) is 5.92 Å². The van der Waals surface area contributed by atoms with Crippen molar-refractivity contribution in [1.29, 1.82) is 0 Å². The number of benzene rings is 1. The summed E-state index contributed by atoms with van der Waals surface area (Å²) in [5.74, 6) is 1.19. The first-order chi connectivity index (χ1) is 10.0. The second-order valence-electron chi connectivity index (χ2n) is 6.13. The third-order valence-electron chi connectivity index (χ3n) is 4.46. The summed E-state index contributed by atoms with van der Waals surface area (Å²) in [5.41, 5.74) is 3.18. The van der Waals surface area contributed by atoms with Crippen LogP contribution in [0.4, 0.5) is 0 Å². The number of fused-ring (bicyclic) bond motifs is 3. The first kappa shape index (κ1) is 16.8. The lowest BCUT2D eigenvalue weighted by molar-refractivity contribution is 0.0878. The van der Waals surface area contributed by atoms with E-state index in [1.807, 2.05) is 39.3 Å². The Hall–Kier alpha value is -1.52. The molecule has 0 saturated heterocycles. The summed E-state index contributed by atoms with van der Waals surface area (Å²) >= 11 is 0. The van der Waals surface area contributed by atoms with Crippen LogP contribution in [0.1, 0.15) is 22.5 Å². The van der Waals surface area contributed by atoms with Crippen molar-refractivity contribution < 1.29 is 9.53 Å². The highest BCUT2D eigenvalue weighted by Gasteiger charge is 2.32. The lowest BCUT2D eigenvalue weighted by atomic mass is 9.84. The molecule has 0 bridgehead atoms. The Morgan fingerprint density at radius 3 is 2.73 bits per heavy atom. The van der Waals surface area contributed by atoms with Crippen molar-refractivity contribution in [3.63, 3.8) is 0 Å². The number of methoxy groups -OCH3 is 1. The van der Waals surface area contributed by atoms with Crippen LogP contribution in [-0.2, 0) is 13.5 Å². The number of ether oxygens (including phenoxy) is 1. The van der Waals surface area contributed by atoms with E-state index in [-0.39, 0.29) is 24.1 Å². The first-order valence-corrected chi connectivity index (χ1v) is 7.37. The minimum Gasteiger partial charge on any atom is -0.497 e. The fourth-order valence-electron chi connectivity index (χ4n) is 3.43. The van der Waals surface area contributed by atoms with Gasteiger partial charge in [0.25, 0.3) is 0 Å².